The van der Waals surface area contributed by atoms with Crippen molar-refractivity contribution in [2.24, 2.45) is 0 Å². The number of hydrogen-bond donors (Lipinski definition) is 0. The minimum atomic E-state index is -0.804. The van der Waals surface area contributed by atoms with Gasteiger partial charge in [-0.25, -0.2) is 18.7 Å². The minimum absolute atomic E-state index is 0.354. The molecule has 0 bridgehead atoms. The van der Waals surface area contributed by atoms with E-state index in [1.54, 1.807) is 18.5 Å². The van der Waals surface area contributed by atoms with E-state index < -0.39 is 11.6 Å². The Morgan fingerprint density at radius 3 is 2.46 bits per heavy atom. The number of aromatic nitrogens is 2. The Balaban J connectivity index is 1.55. The normalized spacial score (nSPS) is 16.3. The number of piperidine rings is 1. The molecule has 0 saturated carbocycles. The van der Waals surface area contributed by atoms with E-state index >= 15 is 0 Å². The highest BCUT2D eigenvalue weighted by Gasteiger charge is 2.24. The van der Waals surface area contributed by atoms with E-state index in [1.807, 2.05) is 7.05 Å². The first-order valence-corrected chi connectivity index (χ1v) is 8.27. The molecule has 7 heteroatoms. The molecule has 0 spiro atoms. The first-order valence-electron chi connectivity index (χ1n) is 7.89. The monoisotopic (exact) mass is 352 g/mol. The van der Waals surface area contributed by atoms with Crippen molar-refractivity contribution in [3.8, 4) is 0 Å². The summed E-state index contributed by atoms with van der Waals surface area (Å²) < 4.78 is 26.3. The number of halogens is 3. The van der Waals surface area contributed by atoms with Gasteiger partial charge in [-0.3, -0.25) is 4.90 Å². The first kappa shape index (κ1) is 17.0. The number of hydrogen-bond acceptors (Lipinski definition) is 4. The van der Waals surface area contributed by atoms with Gasteiger partial charge < -0.3 is 4.90 Å². The van der Waals surface area contributed by atoms with Gasteiger partial charge in [0.25, 0.3) is 0 Å². The third-order valence-corrected chi connectivity index (χ3v) is 4.61. The summed E-state index contributed by atoms with van der Waals surface area (Å²) in [6.45, 7) is 2.41. The summed E-state index contributed by atoms with van der Waals surface area (Å²) in [4.78, 5) is 12.8. The van der Waals surface area contributed by atoms with Crippen LogP contribution in [0.5, 0.6) is 0 Å². The van der Waals surface area contributed by atoms with Crippen LogP contribution < -0.4 is 4.90 Å². The van der Waals surface area contributed by atoms with Crippen molar-refractivity contribution in [2.75, 3.05) is 25.0 Å². The lowest BCUT2D eigenvalue weighted by Crippen LogP contribution is -2.43. The van der Waals surface area contributed by atoms with E-state index in [2.05, 4.69) is 19.8 Å². The molecule has 2 heterocycles. The van der Waals surface area contributed by atoms with Crippen LogP contribution in [-0.4, -0.2) is 41.0 Å². The summed E-state index contributed by atoms with van der Waals surface area (Å²) in [5, 5.41) is 0.522. The van der Waals surface area contributed by atoms with Crippen LogP contribution in [0, 0.1) is 11.6 Å². The summed E-state index contributed by atoms with van der Waals surface area (Å²) in [5.74, 6) is -0.928. The van der Waals surface area contributed by atoms with Crippen LogP contribution in [-0.2, 0) is 6.54 Å². The van der Waals surface area contributed by atoms with Crippen LogP contribution in [0.25, 0.3) is 0 Å². The van der Waals surface area contributed by atoms with E-state index in [0.717, 1.165) is 31.5 Å². The average molecular weight is 353 g/mol. The molecule has 1 aromatic carbocycles. The van der Waals surface area contributed by atoms with Gasteiger partial charge in [0.2, 0.25) is 5.95 Å². The Morgan fingerprint density at radius 1 is 1.17 bits per heavy atom. The zero-order valence-corrected chi connectivity index (χ0v) is 14.2. The van der Waals surface area contributed by atoms with Gasteiger partial charge in [-0.15, -0.1) is 0 Å². The maximum Gasteiger partial charge on any atom is 0.225 e. The summed E-state index contributed by atoms with van der Waals surface area (Å²) in [6, 6.07) is 4.45. The summed E-state index contributed by atoms with van der Waals surface area (Å²) in [5.41, 5.74) is 0.793. The fraction of sp³-hybridized carbons (Fsp3) is 0.412. The predicted octanol–water partition coefficient (Wildman–Crippen LogP) is 3.51. The summed E-state index contributed by atoms with van der Waals surface area (Å²) in [7, 11) is 1.99. The SMILES string of the molecule is CN(c1ncc(Cl)cn1)C1CCN(Cc2ccc(F)c(F)c2)CC1. The van der Waals surface area contributed by atoms with Crippen molar-refractivity contribution in [2.45, 2.75) is 25.4 Å². The lowest BCUT2D eigenvalue weighted by molar-refractivity contribution is 0.202. The zero-order valence-electron chi connectivity index (χ0n) is 13.4. The van der Waals surface area contributed by atoms with Gasteiger partial charge in [0, 0.05) is 32.7 Å². The summed E-state index contributed by atoms with van der Waals surface area (Å²) >= 11 is 5.82. The van der Waals surface area contributed by atoms with E-state index in [-0.39, 0.29) is 0 Å². The van der Waals surface area contributed by atoms with Gasteiger partial charge in [-0.05, 0) is 30.5 Å². The van der Waals surface area contributed by atoms with Crippen LogP contribution in [0.2, 0.25) is 5.02 Å². The zero-order chi connectivity index (χ0) is 17.1. The van der Waals surface area contributed by atoms with Crippen LogP contribution in [0.1, 0.15) is 18.4 Å². The van der Waals surface area contributed by atoms with Crippen molar-refractivity contribution in [1.29, 1.82) is 0 Å². The van der Waals surface area contributed by atoms with E-state index in [9.17, 15) is 8.78 Å². The Morgan fingerprint density at radius 2 is 1.83 bits per heavy atom. The molecule has 128 valence electrons. The second-order valence-electron chi connectivity index (χ2n) is 6.07. The molecule has 0 amide bonds. The molecule has 1 aliphatic heterocycles. The second-order valence-corrected chi connectivity index (χ2v) is 6.50. The maximum absolute atomic E-state index is 13.3. The van der Waals surface area contributed by atoms with Crippen LogP contribution >= 0.6 is 11.6 Å². The molecule has 4 nitrogen and oxygen atoms in total. The Labute approximate surface area is 145 Å². The van der Waals surface area contributed by atoms with Crippen molar-refractivity contribution in [1.82, 2.24) is 14.9 Å². The Kier molecular flexibility index (Phi) is 5.26. The molecule has 0 atom stereocenters. The van der Waals surface area contributed by atoms with Crippen molar-refractivity contribution < 1.29 is 8.78 Å². The van der Waals surface area contributed by atoms with Crippen molar-refractivity contribution in [3.05, 3.63) is 52.8 Å². The summed E-state index contributed by atoms with van der Waals surface area (Å²) in [6.07, 6.45) is 5.12. The van der Waals surface area contributed by atoms with Crippen molar-refractivity contribution >= 4 is 17.5 Å². The molecule has 1 aliphatic rings. The molecule has 1 aromatic heterocycles. The standard InChI is InChI=1S/C17H19ClF2N4/c1-23(17-21-9-13(18)10-22-17)14-4-6-24(7-5-14)11-12-2-3-15(19)16(20)8-12/h2-3,8-10,14H,4-7,11H2,1H3. The van der Waals surface area contributed by atoms with Gasteiger partial charge in [0.1, 0.15) is 0 Å². The van der Waals surface area contributed by atoms with Gasteiger partial charge >= 0.3 is 0 Å². The minimum Gasteiger partial charge on any atom is -0.341 e. The van der Waals surface area contributed by atoms with Gasteiger partial charge in [0.05, 0.1) is 17.4 Å². The van der Waals surface area contributed by atoms with Crippen LogP contribution in [0.3, 0.4) is 0 Å². The van der Waals surface area contributed by atoms with E-state index in [4.69, 9.17) is 11.6 Å². The molecule has 0 unspecified atom stereocenters. The fourth-order valence-electron chi connectivity index (χ4n) is 3.01. The molecular formula is C17H19ClF2N4. The third kappa shape index (κ3) is 3.99. The predicted molar refractivity (Wildman–Crippen MR) is 90.1 cm³/mol. The molecule has 1 saturated heterocycles. The fourth-order valence-corrected chi connectivity index (χ4v) is 3.11. The van der Waals surface area contributed by atoms with Crippen LogP contribution in [0.4, 0.5) is 14.7 Å². The molecule has 24 heavy (non-hydrogen) atoms. The van der Waals surface area contributed by atoms with Gasteiger partial charge in [-0.1, -0.05) is 17.7 Å². The molecule has 0 aliphatic carbocycles. The maximum atomic E-state index is 13.3. The highest BCUT2D eigenvalue weighted by Crippen LogP contribution is 2.21. The molecule has 2 aromatic rings. The number of nitrogens with zero attached hydrogens (tertiary/aromatic N) is 4. The molecule has 0 radical (unpaired) electrons. The number of rotatable bonds is 4. The second kappa shape index (κ2) is 7.40. The largest absolute Gasteiger partial charge is 0.341 e. The average Bonchev–Trinajstić information content (AvgIpc) is 2.59. The Hall–Kier alpha value is -1.79. The van der Waals surface area contributed by atoms with Gasteiger partial charge in [-0.2, -0.15) is 0 Å². The number of benzene rings is 1. The molecular weight excluding hydrogens is 334 g/mol. The molecule has 3 rings (SSSR count). The number of anilines is 1. The Bertz CT molecular complexity index is 687. The highest BCUT2D eigenvalue weighted by molar-refractivity contribution is 6.30. The molecule has 0 N–H and O–H groups in total. The van der Waals surface area contributed by atoms with Crippen LogP contribution in [0.15, 0.2) is 30.6 Å². The van der Waals surface area contributed by atoms with Crippen molar-refractivity contribution in [3.63, 3.8) is 0 Å². The highest BCUT2D eigenvalue weighted by atomic mass is 35.5. The molecule has 1 fully saturated rings. The van der Waals surface area contributed by atoms with E-state index in [0.29, 0.717) is 23.6 Å². The smallest absolute Gasteiger partial charge is 0.225 e. The lowest BCUT2D eigenvalue weighted by Gasteiger charge is -2.36. The quantitative estimate of drug-likeness (QED) is 0.843. The first-order chi connectivity index (χ1) is 11.5. The number of likely N-dealkylation sites (tertiary alicyclic amines) is 1. The lowest BCUT2D eigenvalue weighted by atomic mass is 10.0. The van der Waals surface area contributed by atoms with E-state index in [1.165, 1.54) is 12.1 Å². The third-order valence-electron chi connectivity index (χ3n) is 4.42. The topological polar surface area (TPSA) is 32.3 Å². The van der Waals surface area contributed by atoms with Gasteiger partial charge in [0.15, 0.2) is 11.6 Å².